The molecule has 0 atom stereocenters. The Balaban J connectivity index is 0.000000184. The number of methoxy groups -OCH3 is 2. The fourth-order valence-corrected chi connectivity index (χ4v) is 4.89. The monoisotopic (exact) mass is 697 g/mol. The number of ether oxygens (including phenoxy) is 2. The van der Waals surface area contributed by atoms with Crippen molar-refractivity contribution in [1.82, 2.24) is 20.2 Å². The number of benzene rings is 2. The molecule has 6 rings (SSSR count). The number of aryl methyl sites for hydroxylation is 1. The van der Waals surface area contributed by atoms with Crippen LogP contribution in [-0.2, 0) is 20.1 Å². The number of hydrogen-bond acceptors (Lipinski definition) is 6. The van der Waals surface area contributed by atoms with Gasteiger partial charge < -0.3 is 24.7 Å². The van der Waals surface area contributed by atoms with Crippen LogP contribution in [0.15, 0.2) is 91.3 Å². The van der Waals surface area contributed by atoms with Crippen LogP contribution in [0.5, 0.6) is 11.5 Å². The normalized spacial score (nSPS) is 10.3. The molecule has 0 aliphatic heterocycles. The van der Waals surface area contributed by atoms with Crippen LogP contribution in [0.4, 0.5) is 0 Å². The third kappa shape index (κ3) is 6.00. The van der Waals surface area contributed by atoms with E-state index in [9.17, 15) is 0 Å². The summed E-state index contributed by atoms with van der Waals surface area (Å²) in [5, 5.41) is 9.62. The summed E-state index contributed by atoms with van der Waals surface area (Å²) in [6, 6.07) is 29.1. The van der Waals surface area contributed by atoms with Crippen LogP contribution in [0.25, 0.3) is 43.3 Å². The average Bonchev–Trinajstić information content (AvgIpc) is 3.62. The number of pyridine rings is 2. The zero-order valence-corrected chi connectivity index (χ0v) is 24.2. The first-order chi connectivity index (χ1) is 18.2. The standard InChI is InChI=1S/C17H16N3O2.C13H8NS.Ir/c1-11-8-12(9-16(21-2)17(11)22-3)14-10-15(20-19-14)13-6-4-5-7-18-13;1-2-7-12-10(5-1)9-13(15-12)11-6-3-4-8-14-11;/h4-10H,1-3H3;1-8H;/q2*-1;. The minimum absolute atomic E-state index is 0. The van der Waals surface area contributed by atoms with Crippen LogP contribution in [0.2, 0.25) is 0 Å². The molecule has 4 heterocycles. The van der Waals surface area contributed by atoms with Crippen molar-refractivity contribution in [2.45, 2.75) is 6.92 Å². The minimum Gasteiger partial charge on any atom is -0.573 e. The van der Waals surface area contributed by atoms with Crippen molar-refractivity contribution in [2.24, 2.45) is 0 Å². The summed E-state index contributed by atoms with van der Waals surface area (Å²) in [7, 11) is 3.25. The van der Waals surface area contributed by atoms with E-state index >= 15 is 0 Å². The Morgan fingerprint density at radius 3 is 2.16 bits per heavy atom. The van der Waals surface area contributed by atoms with Gasteiger partial charge in [-0.3, -0.25) is 4.98 Å². The minimum atomic E-state index is 0. The largest absolute Gasteiger partial charge is 0.573 e. The second-order valence-corrected chi connectivity index (χ2v) is 9.18. The van der Waals surface area contributed by atoms with Gasteiger partial charge in [0.25, 0.3) is 0 Å². The first kappa shape index (κ1) is 27.2. The molecule has 0 unspecified atom stereocenters. The molecule has 0 aliphatic rings. The second kappa shape index (κ2) is 12.6. The van der Waals surface area contributed by atoms with E-state index in [-0.39, 0.29) is 20.1 Å². The Bertz CT molecular complexity index is 1590. The van der Waals surface area contributed by atoms with Crippen LogP contribution in [0.3, 0.4) is 0 Å². The van der Waals surface area contributed by atoms with Crippen molar-refractivity contribution in [2.75, 3.05) is 14.2 Å². The van der Waals surface area contributed by atoms with Gasteiger partial charge in [0.15, 0.2) is 11.5 Å². The van der Waals surface area contributed by atoms with Crippen LogP contribution in [-0.4, -0.2) is 29.3 Å². The molecule has 0 amide bonds. The molecule has 38 heavy (non-hydrogen) atoms. The zero-order valence-electron chi connectivity index (χ0n) is 21.0. The van der Waals surface area contributed by atoms with Crippen LogP contribution >= 0.6 is 11.3 Å². The van der Waals surface area contributed by atoms with Gasteiger partial charge in [-0.2, -0.15) is 0 Å². The Hall–Kier alpha value is -3.84. The maximum Gasteiger partial charge on any atom is 0.163 e. The predicted octanol–water partition coefficient (Wildman–Crippen LogP) is 6.85. The molecule has 4 aromatic heterocycles. The molecule has 6 nitrogen and oxygen atoms in total. The predicted molar refractivity (Wildman–Crippen MR) is 148 cm³/mol. The van der Waals surface area contributed by atoms with E-state index in [1.165, 1.54) is 10.1 Å². The summed E-state index contributed by atoms with van der Waals surface area (Å²) in [6.45, 7) is 1.97. The molecular formula is C30H24IrN4O2S-2. The zero-order chi connectivity index (χ0) is 25.6. The Morgan fingerprint density at radius 2 is 1.50 bits per heavy atom. The average molecular weight is 697 g/mol. The molecule has 8 heteroatoms. The summed E-state index contributed by atoms with van der Waals surface area (Å²) < 4.78 is 12.0. The molecule has 2 aromatic carbocycles. The number of nitrogens with zero attached hydrogens (tertiary/aromatic N) is 4. The van der Waals surface area contributed by atoms with Crippen LogP contribution < -0.4 is 14.6 Å². The molecular weight excluding hydrogens is 673 g/mol. The molecule has 0 bridgehead atoms. The van der Waals surface area contributed by atoms with E-state index in [1.807, 2.05) is 73.8 Å². The van der Waals surface area contributed by atoms with Crippen molar-refractivity contribution in [3.8, 4) is 44.7 Å². The maximum atomic E-state index is 5.39. The van der Waals surface area contributed by atoms with Gasteiger partial charge in [0.2, 0.25) is 0 Å². The first-order valence-electron chi connectivity index (χ1n) is 11.6. The molecule has 0 fully saturated rings. The molecule has 6 aromatic rings. The molecule has 0 aliphatic carbocycles. The van der Waals surface area contributed by atoms with E-state index < -0.39 is 0 Å². The van der Waals surface area contributed by atoms with Gasteiger partial charge in [-0.25, -0.2) is 11.3 Å². The topological polar surface area (TPSA) is 71.2 Å². The van der Waals surface area contributed by atoms with E-state index in [2.05, 4.69) is 44.4 Å². The molecule has 0 saturated carbocycles. The van der Waals surface area contributed by atoms with Gasteiger partial charge in [-0.05, 0) is 58.5 Å². The van der Waals surface area contributed by atoms with Gasteiger partial charge in [-0.1, -0.05) is 36.0 Å². The molecule has 1 radical (unpaired) electrons. The quantitative estimate of drug-likeness (QED) is 0.184. The Labute approximate surface area is 239 Å². The maximum absolute atomic E-state index is 5.39. The van der Waals surface area contributed by atoms with Gasteiger partial charge in [0, 0.05) is 55.1 Å². The Morgan fingerprint density at radius 1 is 0.789 bits per heavy atom. The van der Waals surface area contributed by atoms with Crippen LogP contribution in [0.1, 0.15) is 5.56 Å². The smallest absolute Gasteiger partial charge is 0.163 e. The fraction of sp³-hybridized carbons (Fsp3) is 0.100. The molecule has 0 N–H and O–H groups in total. The summed E-state index contributed by atoms with van der Waals surface area (Å²) in [4.78, 5) is 9.72. The third-order valence-electron chi connectivity index (χ3n) is 5.67. The Kier molecular flexibility index (Phi) is 9.02. The van der Waals surface area contributed by atoms with Crippen molar-refractivity contribution >= 4 is 21.4 Å². The van der Waals surface area contributed by atoms with Crippen molar-refractivity contribution in [3.05, 3.63) is 103 Å². The number of fused-ring (bicyclic) bond motifs is 1. The first-order valence-corrected chi connectivity index (χ1v) is 12.4. The van der Waals surface area contributed by atoms with E-state index in [0.29, 0.717) is 5.75 Å². The number of rotatable bonds is 5. The molecule has 193 valence electrons. The summed E-state index contributed by atoms with van der Waals surface area (Å²) in [5.74, 6) is 1.41. The van der Waals surface area contributed by atoms with Crippen molar-refractivity contribution < 1.29 is 29.6 Å². The number of hydrogen-bond donors (Lipinski definition) is 0. The fourth-order valence-electron chi connectivity index (χ4n) is 3.91. The van der Waals surface area contributed by atoms with Crippen LogP contribution in [0, 0.1) is 13.0 Å². The van der Waals surface area contributed by atoms with Gasteiger partial charge in [0.05, 0.1) is 14.2 Å². The van der Waals surface area contributed by atoms with Crippen molar-refractivity contribution in [1.29, 1.82) is 0 Å². The summed E-state index contributed by atoms with van der Waals surface area (Å²) in [5.41, 5.74) is 5.26. The van der Waals surface area contributed by atoms with Gasteiger partial charge in [-0.15, -0.1) is 23.6 Å². The second-order valence-electron chi connectivity index (χ2n) is 8.13. The number of thiophene rings is 1. The molecule has 0 saturated heterocycles. The SMILES string of the molecule is COc1cc(-c2cc(-c3ccccn3)[n-]n2)cc(C)c1OC.[Ir].[c-]1c(-c2ccccn2)sc2ccccc12. The summed E-state index contributed by atoms with van der Waals surface area (Å²) >= 11 is 1.73. The van der Waals surface area contributed by atoms with E-state index in [1.54, 1.807) is 31.8 Å². The van der Waals surface area contributed by atoms with Gasteiger partial charge in [0.1, 0.15) is 0 Å². The van der Waals surface area contributed by atoms with E-state index in [4.69, 9.17) is 9.47 Å². The summed E-state index contributed by atoms with van der Waals surface area (Å²) in [6.07, 6.45) is 3.55. The van der Waals surface area contributed by atoms with Gasteiger partial charge >= 0.3 is 0 Å². The van der Waals surface area contributed by atoms with Crippen molar-refractivity contribution in [3.63, 3.8) is 0 Å². The van der Waals surface area contributed by atoms with E-state index in [0.717, 1.165) is 44.5 Å². The number of aromatic nitrogens is 4. The molecule has 0 spiro atoms. The third-order valence-corrected chi connectivity index (χ3v) is 6.76.